The van der Waals surface area contributed by atoms with Crippen LogP contribution in [0, 0.1) is 0 Å². The first-order valence-electron chi connectivity index (χ1n) is 6.19. The Morgan fingerprint density at radius 2 is 2.25 bits per heavy atom. The maximum atomic E-state index is 5.69. The molecule has 0 bridgehead atoms. The maximum Gasteiger partial charge on any atom is 0.213 e. The molecule has 1 aromatic heterocycles. The van der Waals surface area contributed by atoms with Crippen LogP contribution in [-0.2, 0) is 13.2 Å². The van der Waals surface area contributed by atoms with Crippen molar-refractivity contribution < 1.29 is 14.0 Å². The minimum atomic E-state index is 0.220. The summed E-state index contributed by atoms with van der Waals surface area (Å²) in [5, 5.41) is 6.96. The normalized spacial score (nSPS) is 10.6. The molecule has 108 valence electrons. The van der Waals surface area contributed by atoms with Crippen molar-refractivity contribution in [2.45, 2.75) is 20.1 Å². The molecule has 20 heavy (non-hydrogen) atoms. The highest BCUT2D eigenvalue weighted by Crippen LogP contribution is 2.37. The molecule has 0 radical (unpaired) electrons. The Balaban J connectivity index is 2.14. The number of benzene rings is 1. The van der Waals surface area contributed by atoms with Gasteiger partial charge in [0.25, 0.3) is 0 Å². The standard InChI is InChI=1S/C13H16BrN3O3/c1-3-15-6-9-4-10(14)13(11(5-9)18-2)19-7-12-16-8-20-17-12/h4-5,8,15H,3,6-7H2,1-2H3. The van der Waals surface area contributed by atoms with Crippen molar-refractivity contribution in [3.05, 3.63) is 34.4 Å². The van der Waals surface area contributed by atoms with Crippen molar-refractivity contribution in [2.75, 3.05) is 13.7 Å². The van der Waals surface area contributed by atoms with E-state index in [4.69, 9.17) is 9.47 Å². The van der Waals surface area contributed by atoms with E-state index in [1.807, 2.05) is 12.1 Å². The zero-order valence-corrected chi connectivity index (χ0v) is 12.9. The van der Waals surface area contributed by atoms with Crippen LogP contribution in [0.5, 0.6) is 11.5 Å². The lowest BCUT2D eigenvalue weighted by molar-refractivity contribution is 0.268. The predicted molar refractivity (Wildman–Crippen MR) is 76.7 cm³/mol. The fourth-order valence-electron chi connectivity index (χ4n) is 1.68. The third-order valence-corrected chi connectivity index (χ3v) is 3.21. The molecule has 0 aliphatic rings. The summed E-state index contributed by atoms with van der Waals surface area (Å²) >= 11 is 3.50. The Hall–Kier alpha value is -1.60. The lowest BCUT2D eigenvalue weighted by atomic mass is 10.2. The predicted octanol–water partition coefficient (Wildman–Crippen LogP) is 2.53. The first kappa shape index (κ1) is 14.8. The molecule has 1 heterocycles. The van der Waals surface area contributed by atoms with Gasteiger partial charge in [-0.2, -0.15) is 4.98 Å². The van der Waals surface area contributed by atoms with Crippen molar-refractivity contribution >= 4 is 15.9 Å². The minimum Gasteiger partial charge on any atom is -0.493 e. The fourth-order valence-corrected chi connectivity index (χ4v) is 2.28. The van der Waals surface area contributed by atoms with Gasteiger partial charge in [0, 0.05) is 6.54 Å². The third-order valence-electron chi connectivity index (χ3n) is 2.62. The van der Waals surface area contributed by atoms with Gasteiger partial charge in [0.1, 0.15) is 0 Å². The van der Waals surface area contributed by atoms with Crippen LogP contribution in [0.3, 0.4) is 0 Å². The summed E-state index contributed by atoms with van der Waals surface area (Å²) in [6.07, 6.45) is 1.27. The molecule has 0 fully saturated rings. The quantitative estimate of drug-likeness (QED) is 0.834. The SMILES string of the molecule is CCNCc1cc(Br)c(OCc2ncon2)c(OC)c1. The Labute approximate surface area is 125 Å². The number of rotatable bonds is 7. The molecule has 1 N–H and O–H groups in total. The lowest BCUT2D eigenvalue weighted by Crippen LogP contribution is -2.12. The van der Waals surface area contributed by atoms with Crippen molar-refractivity contribution in [2.24, 2.45) is 0 Å². The highest BCUT2D eigenvalue weighted by molar-refractivity contribution is 9.10. The first-order valence-corrected chi connectivity index (χ1v) is 6.99. The summed E-state index contributed by atoms with van der Waals surface area (Å²) in [7, 11) is 1.61. The molecule has 0 amide bonds. The van der Waals surface area contributed by atoms with E-state index in [0.29, 0.717) is 17.3 Å². The summed E-state index contributed by atoms with van der Waals surface area (Å²) < 4.78 is 16.5. The molecule has 0 atom stereocenters. The molecule has 0 unspecified atom stereocenters. The molecule has 2 aromatic rings. The Bertz CT molecular complexity index is 546. The molecule has 0 aliphatic carbocycles. The molecular weight excluding hydrogens is 326 g/mol. The van der Waals surface area contributed by atoms with Gasteiger partial charge < -0.3 is 19.3 Å². The van der Waals surface area contributed by atoms with Crippen molar-refractivity contribution in [3.8, 4) is 11.5 Å². The van der Waals surface area contributed by atoms with E-state index < -0.39 is 0 Å². The average Bonchev–Trinajstić information content (AvgIpc) is 2.96. The molecule has 7 heteroatoms. The van der Waals surface area contributed by atoms with Crippen LogP contribution >= 0.6 is 15.9 Å². The number of halogens is 1. The maximum absolute atomic E-state index is 5.69. The second-order valence-electron chi connectivity index (χ2n) is 4.03. The van der Waals surface area contributed by atoms with Crippen molar-refractivity contribution in [1.82, 2.24) is 15.5 Å². The van der Waals surface area contributed by atoms with Crippen LogP contribution in [0.25, 0.3) is 0 Å². The van der Waals surface area contributed by atoms with Gasteiger partial charge in [0.2, 0.25) is 12.2 Å². The first-order chi connectivity index (χ1) is 9.74. The monoisotopic (exact) mass is 341 g/mol. The molecule has 6 nitrogen and oxygen atoms in total. The van der Waals surface area contributed by atoms with Crippen LogP contribution in [0.2, 0.25) is 0 Å². The average molecular weight is 342 g/mol. The molecule has 0 saturated heterocycles. The molecule has 0 aliphatic heterocycles. The van der Waals surface area contributed by atoms with Crippen LogP contribution in [0.15, 0.2) is 27.5 Å². The second-order valence-corrected chi connectivity index (χ2v) is 4.88. The van der Waals surface area contributed by atoms with E-state index in [0.717, 1.165) is 23.1 Å². The highest BCUT2D eigenvalue weighted by atomic mass is 79.9. The largest absolute Gasteiger partial charge is 0.493 e. The van der Waals surface area contributed by atoms with E-state index >= 15 is 0 Å². The van der Waals surface area contributed by atoms with E-state index in [-0.39, 0.29) is 6.61 Å². The smallest absolute Gasteiger partial charge is 0.213 e. The Kier molecular flexibility index (Phi) is 5.37. The van der Waals surface area contributed by atoms with Gasteiger partial charge in [-0.25, -0.2) is 0 Å². The molecule has 1 aromatic carbocycles. The van der Waals surface area contributed by atoms with Gasteiger partial charge in [-0.05, 0) is 40.2 Å². The van der Waals surface area contributed by atoms with Crippen LogP contribution in [0.1, 0.15) is 18.3 Å². The van der Waals surface area contributed by atoms with Gasteiger partial charge in [-0.1, -0.05) is 12.1 Å². The van der Waals surface area contributed by atoms with Gasteiger partial charge in [0.05, 0.1) is 11.6 Å². The highest BCUT2D eigenvalue weighted by Gasteiger charge is 2.12. The Morgan fingerprint density at radius 1 is 1.40 bits per heavy atom. The number of nitrogens with one attached hydrogen (secondary N) is 1. The summed E-state index contributed by atoms with van der Waals surface area (Å²) in [6, 6.07) is 3.94. The molecule has 2 rings (SSSR count). The summed E-state index contributed by atoms with van der Waals surface area (Å²) in [6.45, 7) is 3.97. The van der Waals surface area contributed by atoms with Gasteiger partial charge in [0.15, 0.2) is 18.1 Å². The zero-order valence-electron chi connectivity index (χ0n) is 11.4. The van der Waals surface area contributed by atoms with Crippen LogP contribution in [0.4, 0.5) is 0 Å². The summed E-state index contributed by atoms with van der Waals surface area (Å²) in [5.74, 6) is 1.77. The molecular formula is C13H16BrN3O3. The van der Waals surface area contributed by atoms with Crippen molar-refractivity contribution in [3.63, 3.8) is 0 Å². The topological polar surface area (TPSA) is 69.4 Å². The van der Waals surface area contributed by atoms with E-state index in [2.05, 4.69) is 42.8 Å². The fraction of sp³-hybridized carbons (Fsp3) is 0.385. The van der Waals surface area contributed by atoms with Crippen LogP contribution < -0.4 is 14.8 Å². The number of nitrogens with zero attached hydrogens (tertiary/aromatic N) is 2. The van der Waals surface area contributed by atoms with Crippen molar-refractivity contribution in [1.29, 1.82) is 0 Å². The third kappa shape index (κ3) is 3.71. The number of methoxy groups -OCH3 is 1. The lowest BCUT2D eigenvalue weighted by Gasteiger charge is -2.13. The van der Waals surface area contributed by atoms with Gasteiger partial charge in [-0.15, -0.1) is 0 Å². The van der Waals surface area contributed by atoms with E-state index in [1.165, 1.54) is 6.39 Å². The van der Waals surface area contributed by atoms with Gasteiger partial charge in [-0.3, -0.25) is 0 Å². The molecule has 0 saturated carbocycles. The zero-order chi connectivity index (χ0) is 14.4. The summed E-state index contributed by atoms with van der Waals surface area (Å²) in [5.41, 5.74) is 1.11. The number of hydrogen-bond donors (Lipinski definition) is 1. The number of hydrogen-bond acceptors (Lipinski definition) is 6. The second kappa shape index (κ2) is 7.25. The van der Waals surface area contributed by atoms with E-state index in [9.17, 15) is 0 Å². The number of aromatic nitrogens is 2. The Morgan fingerprint density at radius 3 is 2.90 bits per heavy atom. The minimum absolute atomic E-state index is 0.220. The number of ether oxygens (including phenoxy) is 2. The van der Waals surface area contributed by atoms with Crippen LogP contribution in [-0.4, -0.2) is 23.8 Å². The van der Waals surface area contributed by atoms with E-state index in [1.54, 1.807) is 7.11 Å². The summed E-state index contributed by atoms with van der Waals surface area (Å²) in [4.78, 5) is 3.91. The molecule has 0 spiro atoms. The van der Waals surface area contributed by atoms with Gasteiger partial charge >= 0.3 is 0 Å².